The fourth-order valence-electron chi connectivity index (χ4n) is 2.09. The Morgan fingerprint density at radius 2 is 1.61 bits per heavy atom. The Morgan fingerprint density at radius 3 is 2.13 bits per heavy atom. The predicted octanol–water partition coefficient (Wildman–Crippen LogP) is 3.55. The van der Waals surface area contributed by atoms with Crippen LogP contribution in [0.15, 0.2) is 65.1 Å². The van der Waals surface area contributed by atoms with Gasteiger partial charge in [-0.1, -0.05) is 30.3 Å². The number of hydrogen-bond acceptors (Lipinski definition) is 3. The molecule has 0 aliphatic carbocycles. The van der Waals surface area contributed by atoms with E-state index in [0.29, 0.717) is 17.0 Å². The van der Waals surface area contributed by atoms with Crippen molar-refractivity contribution in [1.29, 1.82) is 0 Å². The highest BCUT2D eigenvalue weighted by Gasteiger charge is 2.07. The number of allylic oxidation sites excluding steroid dienone is 2. The Kier molecular flexibility index (Phi) is 5.34. The molecule has 0 aliphatic rings. The molecule has 0 saturated heterocycles. The summed E-state index contributed by atoms with van der Waals surface area (Å²) in [6.45, 7) is 1.93. The SMILES string of the molecule is COc1ccc(C(/C=C(\C)c2ccccc2)=N\S(C)(=O)=O)cc1. The number of methoxy groups -OCH3 is 1. The van der Waals surface area contributed by atoms with Gasteiger partial charge in [0.05, 0.1) is 19.1 Å². The van der Waals surface area contributed by atoms with Gasteiger partial charge in [-0.15, -0.1) is 0 Å². The minimum absolute atomic E-state index is 0.400. The smallest absolute Gasteiger partial charge is 0.250 e. The van der Waals surface area contributed by atoms with Gasteiger partial charge in [-0.05, 0) is 48.4 Å². The number of rotatable bonds is 5. The highest BCUT2D eigenvalue weighted by atomic mass is 32.2. The van der Waals surface area contributed by atoms with Crippen LogP contribution < -0.4 is 4.74 Å². The highest BCUT2D eigenvalue weighted by molar-refractivity contribution is 7.89. The Labute approximate surface area is 137 Å². The first-order valence-corrected chi connectivity index (χ1v) is 8.92. The van der Waals surface area contributed by atoms with Crippen molar-refractivity contribution in [2.75, 3.05) is 13.4 Å². The van der Waals surface area contributed by atoms with E-state index in [0.717, 1.165) is 17.4 Å². The maximum atomic E-state index is 11.6. The van der Waals surface area contributed by atoms with Gasteiger partial charge in [-0.2, -0.15) is 4.40 Å². The van der Waals surface area contributed by atoms with E-state index in [1.54, 1.807) is 37.5 Å². The van der Waals surface area contributed by atoms with E-state index in [4.69, 9.17) is 4.74 Å². The molecule has 0 radical (unpaired) electrons. The Morgan fingerprint density at radius 1 is 1.00 bits per heavy atom. The largest absolute Gasteiger partial charge is 0.497 e. The molecule has 0 saturated carbocycles. The average molecular weight is 329 g/mol. The quantitative estimate of drug-likeness (QED) is 0.788. The maximum Gasteiger partial charge on any atom is 0.250 e. The summed E-state index contributed by atoms with van der Waals surface area (Å²) < 4.78 is 32.2. The zero-order valence-electron chi connectivity index (χ0n) is 13.4. The second-order valence-electron chi connectivity index (χ2n) is 5.13. The lowest BCUT2D eigenvalue weighted by molar-refractivity contribution is 0.415. The lowest BCUT2D eigenvalue weighted by Crippen LogP contribution is -2.03. The molecule has 2 aromatic carbocycles. The van der Waals surface area contributed by atoms with Gasteiger partial charge < -0.3 is 4.74 Å². The fraction of sp³-hybridized carbons (Fsp3) is 0.167. The summed E-state index contributed by atoms with van der Waals surface area (Å²) >= 11 is 0. The van der Waals surface area contributed by atoms with Crippen molar-refractivity contribution in [3.05, 3.63) is 71.8 Å². The van der Waals surface area contributed by atoms with Crippen LogP contribution in [0.2, 0.25) is 0 Å². The zero-order valence-corrected chi connectivity index (χ0v) is 14.2. The van der Waals surface area contributed by atoms with Crippen molar-refractivity contribution in [1.82, 2.24) is 0 Å². The van der Waals surface area contributed by atoms with E-state index in [-0.39, 0.29) is 0 Å². The third kappa shape index (κ3) is 5.07. The summed E-state index contributed by atoms with van der Waals surface area (Å²) in [7, 11) is -1.92. The first-order chi connectivity index (χ1) is 10.9. The van der Waals surface area contributed by atoms with Gasteiger partial charge in [0, 0.05) is 5.56 Å². The van der Waals surface area contributed by atoms with Gasteiger partial charge in [0.15, 0.2) is 0 Å². The van der Waals surface area contributed by atoms with Gasteiger partial charge in [-0.25, -0.2) is 8.42 Å². The Balaban J connectivity index is 2.49. The standard InChI is InChI=1S/C18H19NO3S/c1-14(15-7-5-4-6-8-15)13-18(19-23(3,20)21)16-9-11-17(22-2)12-10-16/h4-13H,1-3H3/b14-13+,19-18-. The molecule has 0 N–H and O–H groups in total. The molecule has 0 aromatic heterocycles. The van der Waals surface area contributed by atoms with E-state index in [1.807, 2.05) is 37.3 Å². The summed E-state index contributed by atoms with van der Waals surface area (Å²) in [5, 5.41) is 0. The number of hydrogen-bond donors (Lipinski definition) is 0. The van der Waals surface area contributed by atoms with Crippen molar-refractivity contribution < 1.29 is 13.2 Å². The third-order valence-corrected chi connectivity index (χ3v) is 3.76. The first kappa shape index (κ1) is 17.0. The Hall–Kier alpha value is -2.40. The van der Waals surface area contributed by atoms with E-state index >= 15 is 0 Å². The van der Waals surface area contributed by atoms with E-state index in [9.17, 15) is 8.42 Å². The molecule has 5 heteroatoms. The van der Waals surface area contributed by atoms with Crippen molar-refractivity contribution in [2.24, 2.45) is 4.40 Å². The van der Waals surface area contributed by atoms with Crippen molar-refractivity contribution in [3.63, 3.8) is 0 Å². The molecule has 0 atom stereocenters. The molecule has 4 nitrogen and oxygen atoms in total. The van der Waals surface area contributed by atoms with Crippen LogP contribution in [0.5, 0.6) is 5.75 Å². The van der Waals surface area contributed by atoms with Crippen LogP contribution in [0.4, 0.5) is 0 Å². The molecule has 0 fully saturated rings. The van der Waals surface area contributed by atoms with Crippen LogP contribution in [0, 0.1) is 0 Å². The molecule has 0 heterocycles. The molecule has 2 aromatic rings. The van der Waals surface area contributed by atoms with E-state index in [1.165, 1.54) is 0 Å². The van der Waals surface area contributed by atoms with Crippen LogP contribution in [0.1, 0.15) is 18.1 Å². The summed E-state index contributed by atoms with van der Waals surface area (Å²) in [5.74, 6) is 0.705. The number of benzene rings is 2. The van der Waals surface area contributed by atoms with Crippen molar-refractivity contribution in [3.8, 4) is 5.75 Å². The zero-order chi connectivity index (χ0) is 16.9. The van der Waals surface area contributed by atoms with Gasteiger partial charge in [0.25, 0.3) is 10.0 Å². The van der Waals surface area contributed by atoms with Crippen LogP contribution in [0.3, 0.4) is 0 Å². The monoisotopic (exact) mass is 329 g/mol. The molecule has 23 heavy (non-hydrogen) atoms. The number of nitrogens with zero attached hydrogens (tertiary/aromatic N) is 1. The van der Waals surface area contributed by atoms with Crippen LogP contribution in [-0.4, -0.2) is 27.5 Å². The van der Waals surface area contributed by atoms with Gasteiger partial charge in [0.1, 0.15) is 5.75 Å². The van der Waals surface area contributed by atoms with Crippen LogP contribution in [-0.2, 0) is 10.0 Å². The summed E-state index contributed by atoms with van der Waals surface area (Å²) in [6, 6.07) is 16.9. The third-order valence-electron chi connectivity index (χ3n) is 3.23. The summed E-state index contributed by atoms with van der Waals surface area (Å²) in [4.78, 5) is 0. The van der Waals surface area contributed by atoms with Crippen molar-refractivity contribution in [2.45, 2.75) is 6.92 Å². The lowest BCUT2D eigenvalue weighted by Gasteiger charge is -2.06. The van der Waals surface area contributed by atoms with E-state index in [2.05, 4.69) is 4.40 Å². The molecule has 0 spiro atoms. The molecule has 120 valence electrons. The average Bonchev–Trinajstić information content (AvgIpc) is 2.54. The fourth-order valence-corrected chi connectivity index (χ4v) is 2.61. The minimum Gasteiger partial charge on any atom is -0.497 e. The molecular formula is C18H19NO3S. The molecule has 0 aliphatic heterocycles. The maximum absolute atomic E-state index is 11.6. The lowest BCUT2D eigenvalue weighted by atomic mass is 10.0. The van der Waals surface area contributed by atoms with Crippen LogP contribution in [0.25, 0.3) is 5.57 Å². The normalized spacial score (nSPS) is 13.0. The summed E-state index contributed by atoms with van der Waals surface area (Å²) in [6.07, 6.45) is 2.86. The second kappa shape index (κ2) is 7.24. The molecule has 0 bridgehead atoms. The van der Waals surface area contributed by atoms with E-state index < -0.39 is 10.0 Å². The minimum atomic E-state index is -3.50. The predicted molar refractivity (Wildman–Crippen MR) is 94.5 cm³/mol. The molecule has 0 unspecified atom stereocenters. The molecule has 0 amide bonds. The number of ether oxygens (including phenoxy) is 1. The second-order valence-corrected chi connectivity index (χ2v) is 6.78. The summed E-state index contributed by atoms with van der Waals surface area (Å²) in [5.41, 5.74) is 3.06. The first-order valence-electron chi connectivity index (χ1n) is 7.07. The van der Waals surface area contributed by atoms with Crippen molar-refractivity contribution >= 4 is 21.3 Å². The van der Waals surface area contributed by atoms with Gasteiger partial charge in [0.2, 0.25) is 0 Å². The number of sulfonamides is 1. The molecule has 2 rings (SSSR count). The Bertz CT molecular complexity index is 820. The van der Waals surface area contributed by atoms with Crippen LogP contribution >= 0.6 is 0 Å². The molecular weight excluding hydrogens is 310 g/mol. The van der Waals surface area contributed by atoms with Gasteiger partial charge in [-0.3, -0.25) is 0 Å². The van der Waals surface area contributed by atoms with Gasteiger partial charge >= 0.3 is 0 Å². The highest BCUT2D eigenvalue weighted by Crippen LogP contribution is 2.18. The topological polar surface area (TPSA) is 55.7 Å².